The summed E-state index contributed by atoms with van der Waals surface area (Å²) in [6.07, 6.45) is 1.50. The Morgan fingerprint density at radius 1 is 1.41 bits per heavy atom. The second-order valence-corrected chi connectivity index (χ2v) is 3.59. The first-order valence-electron chi connectivity index (χ1n) is 5.25. The first kappa shape index (κ1) is 11.3. The van der Waals surface area contributed by atoms with Crippen molar-refractivity contribution < 1.29 is 14.3 Å². The fourth-order valence-corrected chi connectivity index (χ4v) is 1.38. The summed E-state index contributed by atoms with van der Waals surface area (Å²) in [5, 5.41) is 2.62. The zero-order valence-corrected chi connectivity index (χ0v) is 9.31. The van der Waals surface area contributed by atoms with Crippen LogP contribution < -0.4 is 5.32 Å². The third-order valence-corrected chi connectivity index (χ3v) is 2.24. The molecule has 1 aliphatic rings. The number of benzene rings is 1. The molecule has 88 valence electrons. The monoisotopic (exact) mass is 231 g/mol. The Kier molecular flexibility index (Phi) is 3.45. The van der Waals surface area contributed by atoms with Crippen LogP contribution in [-0.4, -0.2) is 12.5 Å². The lowest BCUT2D eigenvalue weighted by atomic mass is 10.2. The summed E-state index contributed by atoms with van der Waals surface area (Å²) >= 11 is 0. The van der Waals surface area contributed by atoms with Gasteiger partial charge < -0.3 is 14.8 Å². The first-order chi connectivity index (χ1) is 8.25. The molecule has 1 aliphatic heterocycles. The quantitative estimate of drug-likeness (QED) is 0.636. The fraction of sp³-hybridized carbons (Fsp3) is 0.154. The van der Waals surface area contributed by atoms with Gasteiger partial charge >= 0.3 is 0 Å². The van der Waals surface area contributed by atoms with E-state index in [0.717, 1.165) is 5.56 Å². The number of nitrogens with one attached hydrogen (secondary N) is 1. The summed E-state index contributed by atoms with van der Waals surface area (Å²) < 4.78 is 10.5. The van der Waals surface area contributed by atoms with Crippen LogP contribution in [0.15, 0.2) is 54.7 Å². The van der Waals surface area contributed by atoms with E-state index in [0.29, 0.717) is 18.9 Å². The van der Waals surface area contributed by atoms with E-state index in [2.05, 4.69) is 11.9 Å². The smallest absolute Gasteiger partial charge is 0.286 e. The highest BCUT2D eigenvalue weighted by Crippen LogP contribution is 2.10. The van der Waals surface area contributed by atoms with Gasteiger partial charge in [-0.15, -0.1) is 0 Å². The molecule has 0 spiro atoms. The van der Waals surface area contributed by atoms with Gasteiger partial charge in [-0.05, 0) is 5.56 Å². The van der Waals surface area contributed by atoms with Crippen LogP contribution in [0.1, 0.15) is 5.56 Å². The number of carbonyl (C=O) groups excluding carboxylic acids is 1. The van der Waals surface area contributed by atoms with Crippen LogP contribution in [0, 0.1) is 0 Å². The van der Waals surface area contributed by atoms with Gasteiger partial charge in [0.2, 0.25) is 0 Å². The minimum atomic E-state index is -0.287. The molecule has 0 aromatic heterocycles. The van der Waals surface area contributed by atoms with Crippen LogP contribution in [-0.2, 0) is 20.9 Å². The summed E-state index contributed by atoms with van der Waals surface area (Å²) in [5.41, 5.74) is 1.07. The largest absolute Gasteiger partial charge is 0.493 e. The Morgan fingerprint density at radius 3 is 2.88 bits per heavy atom. The average Bonchev–Trinajstić information content (AvgIpc) is 2.35. The summed E-state index contributed by atoms with van der Waals surface area (Å²) in [4.78, 5) is 11.0. The Bertz CT molecular complexity index is 451. The van der Waals surface area contributed by atoms with Crippen molar-refractivity contribution in [1.29, 1.82) is 0 Å². The molecule has 0 bridgehead atoms. The van der Waals surface area contributed by atoms with Crippen molar-refractivity contribution in [2.75, 3.05) is 6.54 Å². The zero-order valence-electron chi connectivity index (χ0n) is 9.31. The normalized spacial score (nSPS) is 17.5. The molecule has 1 N–H and O–H groups in total. The molecule has 0 saturated carbocycles. The van der Waals surface area contributed by atoms with Crippen LogP contribution in [0.2, 0.25) is 0 Å². The van der Waals surface area contributed by atoms with Gasteiger partial charge in [0.05, 0.1) is 6.54 Å². The summed E-state index contributed by atoms with van der Waals surface area (Å²) in [6.45, 7) is 4.27. The zero-order chi connectivity index (χ0) is 12.1. The molecule has 0 radical (unpaired) electrons. The molecule has 4 heteroatoms. The molecule has 1 aromatic rings. The molecular formula is C13H13NO3. The fourth-order valence-electron chi connectivity index (χ4n) is 1.38. The second-order valence-electron chi connectivity index (χ2n) is 3.59. The van der Waals surface area contributed by atoms with E-state index in [4.69, 9.17) is 9.47 Å². The van der Waals surface area contributed by atoms with Gasteiger partial charge in [-0.2, -0.15) is 0 Å². The van der Waals surface area contributed by atoms with E-state index in [1.54, 1.807) is 0 Å². The van der Waals surface area contributed by atoms with Gasteiger partial charge in [0.25, 0.3) is 5.91 Å². The number of ether oxygens (including phenoxy) is 2. The van der Waals surface area contributed by atoms with Crippen molar-refractivity contribution in [1.82, 2.24) is 5.32 Å². The number of morpholine rings is 1. The summed E-state index contributed by atoms with van der Waals surface area (Å²) in [7, 11) is 0. The lowest BCUT2D eigenvalue weighted by Gasteiger charge is -2.17. The standard InChI is InChI=1S/C13H13NO3/c1-10-13(15)14-7-12(17-10)9-16-8-11-5-3-2-4-6-11/h2-6,9H,1,7-8H2,(H,14,15)/b12-9+. The van der Waals surface area contributed by atoms with Gasteiger partial charge in [0.15, 0.2) is 11.5 Å². The highest BCUT2D eigenvalue weighted by Gasteiger charge is 2.17. The highest BCUT2D eigenvalue weighted by molar-refractivity contribution is 5.91. The van der Waals surface area contributed by atoms with Crippen molar-refractivity contribution >= 4 is 5.91 Å². The maximum absolute atomic E-state index is 11.0. The predicted octanol–water partition coefficient (Wildman–Crippen LogP) is 1.70. The predicted molar refractivity (Wildman–Crippen MR) is 62.5 cm³/mol. The van der Waals surface area contributed by atoms with Crippen LogP contribution >= 0.6 is 0 Å². The molecule has 1 amide bonds. The Balaban J connectivity index is 1.85. The van der Waals surface area contributed by atoms with Gasteiger partial charge in [-0.1, -0.05) is 36.9 Å². The molecular weight excluding hydrogens is 218 g/mol. The lowest BCUT2D eigenvalue weighted by Crippen LogP contribution is -2.33. The van der Waals surface area contributed by atoms with Gasteiger partial charge in [0, 0.05) is 0 Å². The molecule has 1 fully saturated rings. The number of hydrogen-bond acceptors (Lipinski definition) is 3. The Labute approximate surface area is 99.5 Å². The molecule has 1 heterocycles. The molecule has 1 aromatic carbocycles. The van der Waals surface area contributed by atoms with Gasteiger partial charge in [0.1, 0.15) is 12.9 Å². The van der Waals surface area contributed by atoms with E-state index in [1.807, 2.05) is 30.3 Å². The maximum atomic E-state index is 11.0. The molecule has 0 unspecified atom stereocenters. The van der Waals surface area contributed by atoms with Crippen molar-refractivity contribution in [2.45, 2.75) is 6.61 Å². The summed E-state index contributed by atoms with van der Waals surface area (Å²) in [6, 6.07) is 9.80. The second kappa shape index (κ2) is 5.21. The molecule has 0 atom stereocenters. The van der Waals surface area contributed by atoms with Crippen LogP contribution in [0.4, 0.5) is 0 Å². The SMILES string of the molecule is C=C1O/C(=C/OCc2ccccc2)CNC1=O. The Hall–Kier alpha value is -2.23. The topological polar surface area (TPSA) is 47.6 Å². The van der Waals surface area contributed by atoms with Gasteiger partial charge in [-0.3, -0.25) is 4.79 Å². The Morgan fingerprint density at radius 2 is 2.18 bits per heavy atom. The minimum absolute atomic E-state index is 0.0887. The third kappa shape index (κ3) is 3.11. The van der Waals surface area contributed by atoms with Crippen LogP contribution in [0.5, 0.6) is 0 Å². The van der Waals surface area contributed by atoms with E-state index in [-0.39, 0.29) is 11.7 Å². The highest BCUT2D eigenvalue weighted by atomic mass is 16.5. The van der Waals surface area contributed by atoms with Crippen molar-refractivity contribution in [2.24, 2.45) is 0 Å². The average molecular weight is 231 g/mol. The molecule has 2 rings (SSSR count). The van der Waals surface area contributed by atoms with Crippen molar-refractivity contribution in [3.63, 3.8) is 0 Å². The van der Waals surface area contributed by atoms with E-state index in [1.165, 1.54) is 6.26 Å². The summed E-state index contributed by atoms with van der Waals surface area (Å²) in [5.74, 6) is 0.349. The van der Waals surface area contributed by atoms with E-state index >= 15 is 0 Å². The number of hydrogen-bond donors (Lipinski definition) is 1. The van der Waals surface area contributed by atoms with Crippen molar-refractivity contribution in [3.05, 3.63) is 60.3 Å². The third-order valence-electron chi connectivity index (χ3n) is 2.24. The number of amides is 1. The van der Waals surface area contributed by atoms with Crippen molar-refractivity contribution in [3.8, 4) is 0 Å². The molecule has 4 nitrogen and oxygen atoms in total. The number of carbonyl (C=O) groups is 1. The van der Waals surface area contributed by atoms with Crippen LogP contribution in [0.25, 0.3) is 0 Å². The molecule has 1 saturated heterocycles. The number of rotatable bonds is 3. The maximum Gasteiger partial charge on any atom is 0.286 e. The van der Waals surface area contributed by atoms with E-state index < -0.39 is 0 Å². The minimum Gasteiger partial charge on any atom is -0.493 e. The van der Waals surface area contributed by atoms with Crippen LogP contribution in [0.3, 0.4) is 0 Å². The first-order valence-corrected chi connectivity index (χ1v) is 5.25. The molecule has 17 heavy (non-hydrogen) atoms. The lowest BCUT2D eigenvalue weighted by molar-refractivity contribution is -0.121. The van der Waals surface area contributed by atoms with E-state index in [9.17, 15) is 4.79 Å². The molecule has 0 aliphatic carbocycles. The van der Waals surface area contributed by atoms with Gasteiger partial charge in [-0.25, -0.2) is 0 Å².